The number of hydrogen-bond donors (Lipinski definition) is 0. The molecule has 0 aromatic heterocycles. The molecule has 2 aromatic carbocycles. The Balaban J connectivity index is 2.35. The molecule has 0 bridgehead atoms. The molecule has 0 saturated carbocycles. The molecule has 300 valence electrons. The second kappa shape index (κ2) is 11.9. The fourth-order valence-electron chi connectivity index (χ4n) is 4.86. The molecule has 0 atom stereocenters. The quantitative estimate of drug-likeness (QED) is 0.209. The van der Waals surface area contributed by atoms with Crippen molar-refractivity contribution < 1.29 is 114 Å². The van der Waals surface area contributed by atoms with Gasteiger partial charge in [-0.15, -0.1) is 0 Å². The van der Waals surface area contributed by atoms with Gasteiger partial charge in [0, 0.05) is 0 Å². The molecule has 0 aliphatic heterocycles. The SMILES string of the molecule is FC(F)(F)C(F)(F)C(F)(F)C(F)(F)C(F)(F)C(F)(F)C=C1c2ccccc2C(C(F)(F)C(F)(F)C(F)(F)C(F)(F)C(F)(F)C(F)(F)F)c2ccccc21. The van der Waals surface area contributed by atoms with Crippen molar-refractivity contribution in [2.24, 2.45) is 0 Å². The van der Waals surface area contributed by atoms with Crippen molar-refractivity contribution in [3.63, 3.8) is 0 Å². The molecule has 53 heavy (non-hydrogen) atoms. The summed E-state index contributed by atoms with van der Waals surface area (Å²) in [5.74, 6) is -84.4. The van der Waals surface area contributed by atoms with Crippen LogP contribution in [-0.4, -0.2) is 71.6 Å². The molecule has 3 rings (SSSR count). The van der Waals surface area contributed by atoms with Crippen LogP contribution >= 0.6 is 0 Å². The Kier molecular flexibility index (Phi) is 9.85. The van der Waals surface area contributed by atoms with Crippen molar-refractivity contribution in [2.75, 3.05) is 0 Å². The van der Waals surface area contributed by atoms with E-state index in [0.717, 1.165) is 0 Å². The average molecular weight is 828 g/mol. The Bertz CT molecular complexity index is 1670. The van der Waals surface area contributed by atoms with E-state index in [9.17, 15) is 105 Å². The Hall–Kier alpha value is -3.64. The van der Waals surface area contributed by atoms with E-state index in [4.69, 9.17) is 0 Å². The summed E-state index contributed by atoms with van der Waals surface area (Å²) in [7, 11) is 0. The van der Waals surface area contributed by atoms with Crippen molar-refractivity contribution in [2.45, 2.75) is 77.5 Å². The second-order valence-corrected chi connectivity index (χ2v) is 11.0. The van der Waals surface area contributed by atoms with Gasteiger partial charge >= 0.3 is 71.6 Å². The van der Waals surface area contributed by atoms with Crippen LogP contribution in [-0.2, 0) is 0 Å². The zero-order valence-electron chi connectivity index (χ0n) is 24.1. The summed E-state index contributed by atoms with van der Waals surface area (Å²) in [6, 6.07) is 1.58. The summed E-state index contributed by atoms with van der Waals surface area (Å²) < 4.78 is 360. The summed E-state index contributed by atoms with van der Waals surface area (Å²) >= 11 is 0. The lowest BCUT2D eigenvalue weighted by molar-refractivity contribution is -0.440. The number of alkyl halides is 26. The Morgan fingerprint density at radius 1 is 0.340 bits per heavy atom. The summed E-state index contributed by atoms with van der Waals surface area (Å²) in [5.41, 5.74) is -9.34. The normalized spacial score (nSPS) is 17.8. The van der Waals surface area contributed by atoms with Crippen molar-refractivity contribution in [1.82, 2.24) is 0 Å². The fourth-order valence-corrected chi connectivity index (χ4v) is 4.86. The molecular weight excluding hydrogens is 818 g/mol. The van der Waals surface area contributed by atoms with E-state index in [1.54, 1.807) is 0 Å². The van der Waals surface area contributed by atoms with Gasteiger partial charge < -0.3 is 0 Å². The first kappa shape index (κ1) is 43.8. The van der Waals surface area contributed by atoms with E-state index < -0.39 is 111 Å². The minimum atomic E-state index is -8.42. The van der Waals surface area contributed by atoms with Crippen LogP contribution in [0, 0.1) is 0 Å². The lowest BCUT2D eigenvalue weighted by Gasteiger charge is -2.43. The van der Waals surface area contributed by atoms with Gasteiger partial charge in [-0.05, 0) is 33.9 Å². The Labute approximate surface area is 275 Å². The first-order valence-corrected chi connectivity index (χ1v) is 13.0. The van der Waals surface area contributed by atoms with Crippen molar-refractivity contribution in [1.29, 1.82) is 0 Å². The van der Waals surface area contributed by atoms with Crippen LogP contribution in [0.2, 0.25) is 0 Å². The van der Waals surface area contributed by atoms with Gasteiger partial charge in [-0.25, -0.2) is 0 Å². The summed E-state index contributed by atoms with van der Waals surface area (Å²) in [4.78, 5) is 0. The van der Waals surface area contributed by atoms with Gasteiger partial charge in [0.2, 0.25) is 0 Å². The van der Waals surface area contributed by atoms with Gasteiger partial charge in [0.05, 0.1) is 5.92 Å². The second-order valence-electron chi connectivity index (χ2n) is 11.0. The monoisotopic (exact) mass is 828 g/mol. The zero-order valence-corrected chi connectivity index (χ0v) is 24.1. The highest BCUT2D eigenvalue weighted by molar-refractivity contribution is 5.87. The standard InChI is InChI=1S/C27H10F26/c28-16(29,18(32,33)20(36,37)22(40,41)24(44,45)26(48,49)50)9-14-10-5-1-3-7-12(10)15(13-8-4-2-6-11(13)14)17(30,31)19(34,35)21(38,39)23(42,43)25(46,47)27(51,52)53/h1-9,15H. The molecule has 0 saturated heterocycles. The molecule has 1 aliphatic rings. The molecule has 0 N–H and O–H groups in total. The summed E-state index contributed by atoms with van der Waals surface area (Å²) in [6.07, 6.45) is -17.3. The predicted octanol–water partition coefficient (Wildman–Crippen LogP) is 12.0. The third-order valence-corrected chi connectivity index (χ3v) is 7.73. The molecule has 0 radical (unpaired) electrons. The zero-order chi connectivity index (χ0) is 41.8. The van der Waals surface area contributed by atoms with Crippen LogP contribution < -0.4 is 0 Å². The predicted molar refractivity (Wildman–Crippen MR) is 123 cm³/mol. The van der Waals surface area contributed by atoms with Gasteiger partial charge in [-0.1, -0.05) is 48.5 Å². The van der Waals surface area contributed by atoms with Crippen LogP contribution in [0.25, 0.3) is 5.57 Å². The van der Waals surface area contributed by atoms with Crippen molar-refractivity contribution in [3.05, 3.63) is 76.9 Å². The number of benzene rings is 2. The molecule has 0 amide bonds. The molecule has 1 aliphatic carbocycles. The maximum atomic E-state index is 15.6. The highest BCUT2D eigenvalue weighted by Gasteiger charge is 2.92. The van der Waals surface area contributed by atoms with Gasteiger partial charge in [0.25, 0.3) is 0 Å². The number of rotatable bonds is 10. The van der Waals surface area contributed by atoms with Crippen LogP contribution in [0.5, 0.6) is 0 Å². The highest BCUT2D eigenvalue weighted by Crippen LogP contribution is 2.65. The van der Waals surface area contributed by atoms with Crippen LogP contribution in [0.15, 0.2) is 54.6 Å². The molecule has 0 fully saturated rings. The van der Waals surface area contributed by atoms with Crippen LogP contribution in [0.1, 0.15) is 28.2 Å². The largest absolute Gasteiger partial charge is 0.460 e. The average Bonchev–Trinajstić information content (AvgIpc) is 2.98. The first-order chi connectivity index (χ1) is 23.2. The van der Waals surface area contributed by atoms with E-state index in [2.05, 4.69) is 0 Å². The van der Waals surface area contributed by atoms with E-state index in [0.29, 0.717) is 24.3 Å². The Morgan fingerprint density at radius 2 is 0.623 bits per heavy atom. The smallest absolute Gasteiger partial charge is 0.199 e. The molecule has 26 heteroatoms. The van der Waals surface area contributed by atoms with Crippen LogP contribution in [0.4, 0.5) is 114 Å². The number of halogens is 26. The third-order valence-electron chi connectivity index (χ3n) is 7.73. The van der Waals surface area contributed by atoms with Crippen molar-refractivity contribution in [3.8, 4) is 0 Å². The van der Waals surface area contributed by atoms with Gasteiger partial charge in [-0.3, -0.25) is 0 Å². The first-order valence-electron chi connectivity index (χ1n) is 13.0. The van der Waals surface area contributed by atoms with Gasteiger partial charge in [0.15, 0.2) is 0 Å². The maximum Gasteiger partial charge on any atom is 0.460 e. The molecule has 0 spiro atoms. The van der Waals surface area contributed by atoms with E-state index >= 15 is 8.78 Å². The molecular formula is C27H10F26. The summed E-state index contributed by atoms with van der Waals surface area (Å²) in [6.45, 7) is 0. The molecule has 0 unspecified atom stereocenters. The number of allylic oxidation sites excluding steroid dienone is 1. The molecule has 2 aromatic rings. The number of fused-ring (bicyclic) bond motifs is 2. The summed E-state index contributed by atoms with van der Waals surface area (Å²) in [5, 5.41) is 0. The topological polar surface area (TPSA) is 0 Å². The van der Waals surface area contributed by atoms with Gasteiger partial charge in [0.1, 0.15) is 0 Å². The molecule has 0 heterocycles. The number of hydrogen-bond acceptors (Lipinski definition) is 0. The van der Waals surface area contributed by atoms with E-state index in [1.165, 1.54) is 0 Å². The minimum absolute atomic E-state index is 0.0443. The fraction of sp³-hybridized carbons (Fsp3) is 0.481. The Morgan fingerprint density at radius 3 is 0.943 bits per heavy atom. The maximum absolute atomic E-state index is 15.6. The van der Waals surface area contributed by atoms with Crippen LogP contribution in [0.3, 0.4) is 0 Å². The minimum Gasteiger partial charge on any atom is -0.199 e. The lowest BCUT2D eigenvalue weighted by atomic mass is 9.70. The van der Waals surface area contributed by atoms with E-state index in [-0.39, 0.29) is 24.3 Å². The van der Waals surface area contributed by atoms with Gasteiger partial charge in [-0.2, -0.15) is 114 Å². The van der Waals surface area contributed by atoms with Crippen molar-refractivity contribution >= 4 is 5.57 Å². The third kappa shape index (κ3) is 5.67. The molecule has 0 nitrogen and oxygen atoms in total. The lowest BCUT2D eigenvalue weighted by Crippen LogP contribution is -2.70. The highest BCUT2D eigenvalue weighted by atomic mass is 19.4. The van der Waals surface area contributed by atoms with E-state index in [1.807, 2.05) is 0 Å².